The lowest BCUT2D eigenvalue weighted by Crippen LogP contribution is -2.23. The summed E-state index contributed by atoms with van der Waals surface area (Å²) in [6.07, 6.45) is 1.71. The minimum absolute atomic E-state index is 0.201. The molecule has 1 N–H and O–H groups in total. The van der Waals surface area contributed by atoms with E-state index in [1.807, 2.05) is 42.5 Å². The summed E-state index contributed by atoms with van der Waals surface area (Å²) in [7, 11) is 0. The maximum Gasteiger partial charge on any atom is 0.255 e. The number of halogens is 1. The number of aryl methyl sites for hydroxylation is 2. The van der Waals surface area contributed by atoms with Crippen LogP contribution in [0, 0.1) is 13.8 Å². The number of carbonyl (C=O) groups is 1. The van der Waals surface area contributed by atoms with Crippen LogP contribution in [0.15, 0.2) is 59.3 Å². The van der Waals surface area contributed by atoms with E-state index in [2.05, 4.69) is 20.6 Å². The first-order chi connectivity index (χ1) is 14.0. The van der Waals surface area contributed by atoms with Crippen LogP contribution in [0.3, 0.4) is 0 Å². The van der Waals surface area contributed by atoms with E-state index in [1.54, 1.807) is 30.8 Å². The Labute approximate surface area is 172 Å². The second-order valence-corrected chi connectivity index (χ2v) is 6.94. The molecule has 0 saturated carbocycles. The molecule has 0 aliphatic rings. The number of benzene rings is 2. The van der Waals surface area contributed by atoms with E-state index in [0.717, 1.165) is 16.8 Å². The number of carbonyl (C=O) groups excluding carboxylic acids is 1. The zero-order valence-corrected chi connectivity index (χ0v) is 16.6. The number of rotatable bonds is 5. The van der Waals surface area contributed by atoms with Gasteiger partial charge in [-0.3, -0.25) is 4.79 Å². The maximum atomic E-state index is 12.6. The highest BCUT2D eigenvalue weighted by molar-refractivity contribution is 6.31. The van der Waals surface area contributed by atoms with Gasteiger partial charge in [-0.05, 0) is 42.8 Å². The third-order valence-corrected chi connectivity index (χ3v) is 4.83. The van der Waals surface area contributed by atoms with E-state index in [9.17, 15) is 4.79 Å². The Morgan fingerprint density at radius 2 is 1.90 bits per heavy atom. The van der Waals surface area contributed by atoms with Gasteiger partial charge >= 0.3 is 0 Å². The fourth-order valence-corrected chi connectivity index (χ4v) is 3.11. The predicted octanol–water partition coefficient (Wildman–Crippen LogP) is 4.12. The van der Waals surface area contributed by atoms with E-state index >= 15 is 0 Å². The van der Waals surface area contributed by atoms with Crippen molar-refractivity contribution in [3.63, 3.8) is 0 Å². The van der Waals surface area contributed by atoms with Crippen LogP contribution in [-0.2, 0) is 6.54 Å². The van der Waals surface area contributed by atoms with Gasteiger partial charge in [-0.2, -0.15) is 10.1 Å². The summed E-state index contributed by atoms with van der Waals surface area (Å²) in [4.78, 5) is 16.8. The Bertz CT molecular complexity index is 1160. The largest absolute Gasteiger partial charge is 0.348 e. The summed E-state index contributed by atoms with van der Waals surface area (Å²) in [5.41, 5.74) is 3.67. The predicted molar refractivity (Wildman–Crippen MR) is 109 cm³/mol. The lowest BCUT2D eigenvalue weighted by molar-refractivity contribution is 0.0950. The fraction of sp³-hybridized carbons (Fsp3) is 0.143. The number of hydrogen-bond acceptors (Lipinski definition) is 5. The van der Waals surface area contributed by atoms with Crippen LogP contribution in [0.1, 0.15) is 27.5 Å². The molecule has 0 radical (unpaired) electrons. The first-order valence-electron chi connectivity index (χ1n) is 9.00. The molecule has 0 aliphatic heterocycles. The van der Waals surface area contributed by atoms with Crippen LogP contribution in [0.2, 0.25) is 5.02 Å². The molecule has 8 heteroatoms. The van der Waals surface area contributed by atoms with Gasteiger partial charge < -0.3 is 9.84 Å². The minimum atomic E-state index is -0.201. The van der Waals surface area contributed by atoms with Crippen molar-refractivity contribution in [2.24, 2.45) is 0 Å². The average Bonchev–Trinajstić information content (AvgIpc) is 3.33. The van der Waals surface area contributed by atoms with Crippen LogP contribution in [-0.4, -0.2) is 25.8 Å². The smallest absolute Gasteiger partial charge is 0.255 e. The van der Waals surface area contributed by atoms with Gasteiger partial charge in [0.25, 0.3) is 5.91 Å². The van der Waals surface area contributed by atoms with E-state index in [4.69, 9.17) is 16.1 Å². The monoisotopic (exact) mass is 407 g/mol. The van der Waals surface area contributed by atoms with Crippen molar-refractivity contribution in [2.75, 3.05) is 0 Å². The van der Waals surface area contributed by atoms with Gasteiger partial charge in [-0.15, -0.1) is 0 Å². The number of amides is 1. The summed E-state index contributed by atoms with van der Waals surface area (Å²) < 4.78 is 6.68. The fourth-order valence-electron chi connectivity index (χ4n) is 2.91. The van der Waals surface area contributed by atoms with E-state index in [-0.39, 0.29) is 5.91 Å². The normalized spacial score (nSPS) is 10.9. The Morgan fingerprint density at radius 1 is 1.14 bits per heavy atom. The standard InChI is InChI=1S/C21H18ClN5O2/c1-13-18(21(28)23-11-16-5-3-4-6-19(16)22)12-27(25-13)17-9-7-15(8-10-17)20-24-14(2)29-26-20/h3-10,12H,11H2,1-2H3,(H,23,28). The van der Waals surface area contributed by atoms with Gasteiger partial charge in [0.1, 0.15) is 0 Å². The molecule has 0 atom stereocenters. The van der Waals surface area contributed by atoms with E-state index in [0.29, 0.717) is 34.5 Å². The Kier molecular flexibility index (Phi) is 5.14. The van der Waals surface area contributed by atoms with Gasteiger partial charge in [-0.1, -0.05) is 35.0 Å². The Balaban J connectivity index is 1.50. The highest BCUT2D eigenvalue weighted by Crippen LogP contribution is 2.19. The summed E-state index contributed by atoms with van der Waals surface area (Å²) >= 11 is 6.14. The minimum Gasteiger partial charge on any atom is -0.348 e. The lowest BCUT2D eigenvalue weighted by Gasteiger charge is -2.06. The summed E-state index contributed by atoms with van der Waals surface area (Å²) in [6, 6.07) is 15.0. The molecule has 29 heavy (non-hydrogen) atoms. The van der Waals surface area contributed by atoms with Crippen LogP contribution in [0.4, 0.5) is 0 Å². The molecule has 4 aromatic rings. The third-order valence-electron chi connectivity index (χ3n) is 4.46. The molecule has 7 nitrogen and oxygen atoms in total. The third kappa shape index (κ3) is 4.05. The second kappa shape index (κ2) is 7.89. The molecule has 0 fully saturated rings. The SMILES string of the molecule is Cc1nc(-c2ccc(-n3cc(C(=O)NCc4ccccc4Cl)c(C)n3)cc2)no1. The molecule has 2 aromatic carbocycles. The molecule has 0 saturated heterocycles. The topological polar surface area (TPSA) is 85.8 Å². The summed E-state index contributed by atoms with van der Waals surface area (Å²) in [5, 5.41) is 11.9. The van der Waals surface area contributed by atoms with Crippen molar-refractivity contribution < 1.29 is 9.32 Å². The van der Waals surface area contributed by atoms with Crippen LogP contribution in [0.5, 0.6) is 0 Å². The van der Waals surface area contributed by atoms with Crippen molar-refractivity contribution in [2.45, 2.75) is 20.4 Å². The lowest BCUT2D eigenvalue weighted by atomic mass is 10.2. The summed E-state index contributed by atoms with van der Waals surface area (Å²) in [6.45, 7) is 3.90. The van der Waals surface area contributed by atoms with E-state index < -0.39 is 0 Å². The molecule has 2 heterocycles. The molecular weight excluding hydrogens is 390 g/mol. The number of aromatic nitrogens is 4. The number of nitrogens with one attached hydrogen (secondary N) is 1. The zero-order chi connectivity index (χ0) is 20.4. The molecule has 0 spiro atoms. The molecule has 0 unspecified atom stereocenters. The Hall–Kier alpha value is -3.45. The Morgan fingerprint density at radius 3 is 2.59 bits per heavy atom. The molecular formula is C21H18ClN5O2. The first kappa shape index (κ1) is 18.9. The van der Waals surface area contributed by atoms with Gasteiger partial charge in [-0.25, -0.2) is 4.68 Å². The van der Waals surface area contributed by atoms with E-state index in [1.165, 1.54) is 0 Å². The quantitative estimate of drug-likeness (QED) is 0.537. The molecule has 146 valence electrons. The van der Waals surface area contributed by atoms with Crippen molar-refractivity contribution in [1.29, 1.82) is 0 Å². The van der Waals surface area contributed by atoms with Gasteiger partial charge in [0.2, 0.25) is 11.7 Å². The van der Waals surface area contributed by atoms with Crippen LogP contribution >= 0.6 is 11.6 Å². The van der Waals surface area contributed by atoms with Gasteiger partial charge in [0, 0.05) is 30.3 Å². The first-order valence-corrected chi connectivity index (χ1v) is 9.38. The molecule has 0 aliphatic carbocycles. The van der Waals surface area contributed by atoms with Gasteiger partial charge in [0.15, 0.2) is 0 Å². The summed E-state index contributed by atoms with van der Waals surface area (Å²) in [5.74, 6) is 0.845. The van der Waals surface area contributed by atoms with Gasteiger partial charge in [0.05, 0.1) is 16.9 Å². The van der Waals surface area contributed by atoms with Crippen LogP contribution < -0.4 is 5.32 Å². The van der Waals surface area contributed by atoms with Crippen molar-refractivity contribution in [3.8, 4) is 17.1 Å². The van der Waals surface area contributed by atoms with Crippen molar-refractivity contribution in [3.05, 3.63) is 82.5 Å². The molecule has 4 rings (SSSR count). The number of hydrogen-bond donors (Lipinski definition) is 1. The average molecular weight is 408 g/mol. The molecule has 1 amide bonds. The van der Waals surface area contributed by atoms with Crippen molar-refractivity contribution in [1.82, 2.24) is 25.2 Å². The molecule has 2 aromatic heterocycles. The molecule has 0 bridgehead atoms. The highest BCUT2D eigenvalue weighted by Gasteiger charge is 2.15. The van der Waals surface area contributed by atoms with Crippen molar-refractivity contribution >= 4 is 17.5 Å². The zero-order valence-electron chi connectivity index (χ0n) is 15.9. The van der Waals surface area contributed by atoms with Crippen LogP contribution in [0.25, 0.3) is 17.1 Å². The number of nitrogens with zero attached hydrogens (tertiary/aromatic N) is 4. The maximum absolute atomic E-state index is 12.6. The second-order valence-electron chi connectivity index (χ2n) is 6.53. The highest BCUT2D eigenvalue weighted by atomic mass is 35.5.